The minimum Gasteiger partial charge on any atom is -0.339 e. The van der Waals surface area contributed by atoms with Gasteiger partial charge in [0.1, 0.15) is 0 Å². The molecule has 1 saturated carbocycles. The number of hydrogen-bond donors (Lipinski definition) is 1. The smallest absolute Gasteiger partial charge is 0.234 e. The molecule has 0 amide bonds. The van der Waals surface area contributed by atoms with E-state index in [1.54, 1.807) is 0 Å². The Morgan fingerprint density at radius 1 is 1.29 bits per heavy atom. The molecule has 0 aliphatic heterocycles. The fraction of sp³-hybridized carbons (Fsp3) is 0.529. The molecule has 1 aromatic carbocycles. The van der Waals surface area contributed by atoms with Crippen LogP contribution in [0.3, 0.4) is 0 Å². The second-order valence-corrected chi connectivity index (χ2v) is 6.66. The van der Waals surface area contributed by atoms with Crippen LogP contribution < -0.4 is 5.73 Å². The lowest BCUT2D eigenvalue weighted by Gasteiger charge is -2.23. The van der Waals surface area contributed by atoms with Gasteiger partial charge in [-0.1, -0.05) is 35.8 Å². The average molecular weight is 283 g/mol. The fourth-order valence-corrected chi connectivity index (χ4v) is 3.89. The van der Waals surface area contributed by atoms with Crippen LogP contribution >= 0.6 is 0 Å². The average Bonchev–Trinajstić information content (AvgIpc) is 3.19. The Bertz CT molecular complexity index is 666. The summed E-state index contributed by atoms with van der Waals surface area (Å²) < 4.78 is 5.61. The molecular weight excluding hydrogens is 262 g/mol. The number of fused-ring (bicyclic) bond motifs is 1. The Labute approximate surface area is 124 Å². The lowest BCUT2D eigenvalue weighted by Crippen LogP contribution is -2.38. The van der Waals surface area contributed by atoms with Crippen LogP contribution in [-0.4, -0.2) is 16.2 Å². The van der Waals surface area contributed by atoms with E-state index in [0.29, 0.717) is 0 Å². The lowest BCUT2D eigenvalue weighted by molar-refractivity contribution is 0.276. The van der Waals surface area contributed by atoms with E-state index in [4.69, 9.17) is 15.2 Å². The zero-order valence-corrected chi connectivity index (χ0v) is 12.4. The van der Waals surface area contributed by atoms with Crippen molar-refractivity contribution < 1.29 is 4.52 Å². The van der Waals surface area contributed by atoms with Crippen LogP contribution in [0.4, 0.5) is 0 Å². The Kier molecular flexibility index (Phi) is 2.89. The first kappa shape index (κ1) is 13.0. The molecule has 2 aliphatic carbocycles. The molecule has 0 radical (unpaired) electrons. The molecule has 21 heavy (non-hydrogen) atoms. The number of nitrogens with zero attached hydrogens (tertiary/aromatic N) is 2. The van der Waals surface area contributed by atoms with Crippen molar-refractivity contribution in [1.29, 1.82) is 0 Å². The molecule has 2 N–H and O–H groups in total. The van der Waals surface area contributed by atoms with E-state index >= 15 is 0 Å². The summed E-state index contributed by atoms with van der Waals surface area (Å²) >= 11 is 0. The molecule has 4 rings (SSSR count). The summed E-state index contributed by atoms with van der Waals surface area (Å²) in [5, 5.41) is 4.28. The number of benzene rings is 1. The first-order valence-electron chi connectivity index (χ1n) is 7.86. The van der Waals surface area contributed by atoms with E-state index < -0.39 is 0 Å². The van der Waals surface area contributed by atoms with Crippen LogP contribution in [0.1, 0.15) is 61.4 Å². The zero-order chi connectivity index (χ0) is 14.4. The SMILES string of the molecule is CC1(c2nc(C3CCc4ccccc43)no2)CCCC1N. The number of hydrogen-bond acceptors (Lipinski definition) is 4. The molecule has 0 spiro atoms. The molecule has 3 unspecified atom stereocenters. The first-order chi connectivity index (χ1) is 10.2. The minimum atomic E-state index is -0.149. The van der Waals surface area contributed by atoms with Gasteiger partial charge in [-0.05, 0) is 43.7 Å². The standard InChI is InChI=1S/C17H21N3O/c1-17(10-4-7-14(17)18)16-19-15(20-21-16)13-9-8-11-5-2-3-6-12(11)13/h2-3,5-6,13-14H,4,7-10,18H2,1H3. The van der Waals surface area contributed by atoms with Crippen molar-refractivity contribution in [3.05, 3.63) is 47.1 Å². The molecule has 2 aliphatic rings. The lowest BCUT2D eigenvalue weighted by atomic mass is 9.85. The second-order valence-electron chi connectivity index (χ2n) is 6.66. The number of aryl methyl sites for hydroxylation is 1. The molecule has 0 saturated heterocycles. The van der Waals surface area contributed by atoms with E-state index in [2.05, 4.69) is 36.3 Å². The van der Waals surface area contributed by atoms with Gasteiger partial charge < -0.3 is 10.3 Å². The van der Waals surface area contributed by atoms with Gasteiger partial charge in [0.05, 0.1) is 5.41 Å². The van der Waals surface area contributed by atoms with Gasteiger partial charge in [-0.3, -0.25) is 0 Å². The van der Waals surface area contributed by atoms with Gasteiger partial charge in [-0.25, -0.2) is 0 Å². The maximum absolute atomic E-state index is 6.26. The third-order valence-electron chi connectivity index (χ3n) is 5.40. The normalized spacial score (nSPS) is 31.5. The van der Waals surface area contributed by atoms with Crippen molar-refractivity contribution >= 4 is 0 Å². The molecule has 0 bridgehead atoms. The second kappa shape index (κ2) is 4.67. The molecule has 4 nitrogen and oxygen atoms in total. The quantitative estimate of drug-likeness (QED) is 0.920. The number of rotatable bonds is 2. The highest BCUT2D eigenvalue weighted by molar-refractivity contribution is 5.38. The van der Waals surface area contributed by atoms with Crippen LogP contribution in [0.25, 0.3) is 0 Å². The monoisotopic (exact) mass is 283 g/mol. The highest BCUT2D eigenvalue weighted by Crippen LogP contribution is 2.41. The number of nitrogens with two attached hydrogens (primary N) is 1. The summed E-state index contributed by atoms with van der Waals surface area (Å²) in [5.74, 6) is 1.84. The van der Waals surface area contributed by atoms with Crippen LogP contribution in [0, 0.1) is 0 Å². The predicted molar refractivity (Wildman–Crippen MR) is 80.1 cm³/mol. The van der Waals surface area contributed by atoms with E-state index in [1.807, 2.05) is 0 Å². The Hall–Kier alpha value is -1.68. The van der Waals surface area contributed by atoms with Crippen molar-refractivity contribution in [2.75, 3.05) is 0 Å². The molecule has 3 atom stereocenters. The van der Waals surface area contributed by atoms with Crippen molar-refractivity contribution in [3.63, 3.8) is 0 Å². The van der Waals surface area contributed by atoms with Crippen LogP contribution in [0.5, 0.6) is 0 Å². The van der Waals surface area contributed by atoms with Crippen molar-refractivity contribution in [2.45, 2.75) is 56.4 Å². The maximum atomic E-state index is 6.26. The summed E-state index contributed by atoms with van der Waals surface area (Å²) in [6.45, 7) is 2.16. The molecule has 1 heterocycles. The molecule has 1 fully saturated rings. The molecule has 4 heteroatoms. The van der Waals surface area contributed by atoms with E-state index in [1.165, 1.54) is 11.1 Å². The van der Waals surface area contributed by atoms with Gasteiger partial charge in [-0.2, -0.15) is 4.98 Å². The molecule has 2 aromatic rings. The van der Waals surface area contributed by atoms with E-state index in [-0.39, 0.29) is 17.4 Å². The third kappa shape index (κ3) is 1.93. The maximum Gasteiger partial charge on any atom is 0.234 e. The van der Waals surface area contributed by atoms with Gasteiger partial charge in [0, 0.05) is 12.0 Å². The van der Waals surface area contributed by atoms with Crippen molar-refractivity contribution in [1.82, 2.24) is 10.1 Å². The minimum absolute atomic E-state index is 0.127. The topological polar surface area (TPSA) is 64.9 Å². The molecule has 110 valence electrons. The predicted octanol–water partition coefficient (Wildman–Crippen LogP) is 2.92. The van der Waals surface area contributed by atoms with Gasteiger partial charge in [0.2, 0.25) is 5.89 Å². The summed E-state index contributed by atoms with van der Waals surface area (Å²) in [6.07, 6.45) is 5.39. The Morgan fingerprint density at radius 2 is 2.14 bits per heavy atom. The fourth-order valence-electron chi connectivity index (χ4n) is 3.89. The number of aromatic nitrogens is 2. The largest absolute Gasteiger partial charge is 0.339 e. The van der Waals surface area contributed by atoms with Gasteiger partial charge in [0.15, 0.2) is 5.82 Å². The van der Waals surface area contributed by atoms with Crippen molar-refractivity contribution in [3.8, 4) is 0 Å². The molecule has 1 aromatic heterocycles. The van der Waals surface area contributed by atoms with Gasteiger partial charge in [-0.15, -0.1) is 0 Å². The van der Waals surface area contributed by atoms with Gasteiger partial charge in [0.25, 0.3) is 0 Å². The Balaban J connectivity index is 1.67. The summed E-state index contributed by atoms with van der Waals surface area (Å²) in [4.78, 5) is 4.74. The third-order valence-corrected chi connectivity index (χ3v) is 5.40. The van der Waals surface area contributed by atoms with Crippen LogP contribution in [-0.2, 0) is 11.8 Å². The highest BCUT2D eigenvalue weighted by atomic mass is 16.5. The zero-order valence-electron chi connectivity index (χ0n) is 12.4. The van der Waals surface area contributed by atoms with Crippen LogP contribution in [0.2, 0.25) is 0 Å². The van der Waals surface area contributed by atoms with E-state index in [9.17, 15) is 0 Å². The summed E-state index contributed by atoms with van der Waals surface area (Å²) in [7, 11) is 0. The first-order valence-corrected chi connectivity index (χ1v) is 7.86. The van der Waals surface area contributed by atoms with Gasteiger partial charge >= 0.3 is 0 Å². The summed E-state index contributed by atoms with van der Waals surface area (Å²) in [5.41, 5.74) is 8.87. The summed E-state index contributed by atoms with van der Waals surface area (Å²) in [6, 6.07) is 8.70. The van der Waals surface area contributed by atoms with E-state index in [0.717, 1.165) is 43.8 Å². The van der Waals surface area contributed by atoms with Crippen molar-refractivity contribution in [2.24, 2.45) is 5.73 Å². The van der Waals surface area contributed by atoms with Crippen LogP contribution in [0.15, 0.2) is 28.8 Å². The Morgan fingerprint density at radius 3 is 2.95 bits per heavy atom. The highest BCUT2D eigenvalue weighted by Gasteiger charge is 2.43. The molecular formula is C17H21N3O.